The lowest BCUT2D eigenvalue weighted by Crippen LogP contribution is -2.56. The molecule has 7 nitrogen and oxygen atoms in total. The fourth-order valence-electron chi connectivity index (χ4n) is 3.38. The monoisotopic (exact) mass is 396 g/mol. The van der Waals surface area contributed by atoms with Crippen LogP contribution in [0.4, 0.5) is 4.79 Å². The van der Waals surface area contributed by atoms with Gasteiger partial charge in [0.1, 0.15) is 0 Å². The number of amides is 2. The highest BCUT2D eigenvalue weighted by Gasteiger charge is 2.39. The normalized spacial score (nSPS) is 22.8. The predicted octanol–water partition coefficient (Wildman–Crippen LogP) is 2.07. The van der Waals surface area contributed by atoms with Crippen LogP contribution in [0.2, 0.25) is 0 Å². The molecule has 150 valence electrons. The first kappa shape index (κ1) is 21.2. The fourth-order valence-corrected chi connectivity index (χ4v) is 5.28. The third kappa shape index (κ3) is 5.69. The summed E-state index contributed by atoms with van der Waals surface area (Å²) < 4.78 is 24.7. The number of nitrogens with zero attached hydrogens (tertiary/aromatic N) is 1. The lowest BCUT2D eigenvalue weighted by atomic mass is 10.0. The summed E-state index contributed by atoms with van der Waals surface area (Å²) >= 11 is 0. The maximum atomic E-state index is 12.7. The van der Waals surface area contributed by atoms with Gasteiger partial charge in [-0.25, -0.2) is 13.2 Å². The first-order chi connectivity index (χ1) is 12.7. The van der Waals surface area contributed by atoms with Crippen molar-refractivity contribution >= 4 is 21.8 Å². The molecule has 0 spiro atoms. The molecule has 3 unspecified atom stereocenters. The van der Waals surface area contributed by atoms with E-state index in [1.54, 1.807) is 18.7 Å². The Morgan fingerprint density at radius 2 is 1.93 bits per heavy atom. The Kier molecular flexibility index (Phi) is 7.24. The summed E-state index contributed by atoms with van der Waals surface area (Å²) in [6.07, 6.45) is 1.26. The Hall–Kier alpha value is -2.09. The predicted molar refractivity (Wildman–Crippen MR) is 103 cm³/mol. The highest BCUT2D eigenvalue weighted by atomic mass is 32.2. The van der Waals surface area contributed by atoms with Crippen molar-refractivity contribution in [2.45, 2.75) is 56.1 Å². The quantitative estimate of drug-likeness (QED) is 0.734. The Labute approximate surface area is 160 Å². The van der Waals surface area contributed by atoms with E-state index in [4.69, 9.17) is 5.11 Å². The molecule has 27 heavy (non-hydrogen) atoms. The molecule has 1 aliphatic heterocycles. The van der Waals surface area contributed by atoms with Crippen LogP contribution in [0.5, 0.6) is 0 Å². The minimum Gasteiger partial charge on any atom is -0.481 e. The zero-order valence-corrected chi connectivity index (χ0v) is 16.6. The van der Waals surface area contributed by atoms with Gasteiger partial charge in [0.05, 0.1) is 10.5 Å². The first-order valence-corrected chi connectivity index (χ1v) is 10.9. The van der Waals surface area contributed by atoms with Gasteiger partial charge in [-0.15, -0.1) is 0 Å². The first-order valence-electron chi connectivity index (χ1n) is 9.27. The molecule has 0 radical (unpaired) electrons. The molecular weight excluding hydrogens is 368 g/mol. The third-order valence-corrected chi connectivity index (χ3v) is 7.71. The number of carboxylic acids is 1. The molecule has 1 aliphatic rings. The van der Waals surface area contributed by atoms with E-state index in [2.05, 4.69) is 5.32 Å². The van der Waals surface area contributed by atoms with Crippen LogP contribution in [0.3, 0.4) is 0 Å². The number of hydrogen-bond acceptors (Lipinski definition) is 4. The molecule has 1 aromatic carbocycles. The van der Waals surface area contributed by atoms with Gasteiger partial charge in [-0.2, -0.15) is 0 Å². The molecular formula is C19H28N2O5S. The number of nitrogens with one attached hydrogen (secondary N) is 1. The largest absolute Gasteiger partial charge is 0.481 e. The second-order valence-electron chi connectivity index (χ2n) is 7.10. The molecule has 1 heterocycles. The van der Waals surface area contributed by atoms with Gasteiger partial charge < -0.3 is 15.3 Å². The average molecular weight is 397 g/mol. The number of carbonyl (C=O) groups is 2. The van der Waals surface area contributed by atoms with Crippen LogP contribution in [0.1, 0.15) is 38.7 Å². The lowest BCUT2D eigenvalue weighted by molar-refractivity contribution is -0.137. The molecule has 8 heteroatoms. The fraction of sp³-hybridized carbons (Fsp3) is 0.579. The van der Waals surface area contributed by atoms with E-state index in [1.807, 2.05) is 30.3 Å². The van der Waals surface area contributed by atoms with Crippen molar-refractivity contribution in [2.75, 3.05) is 13.1 Å². The van der Waals surface area contributed by atoms with Crippen LogP contribution in [-0.2, 0) is 21.1 Å². The summed E-state index contributed by atoms with van der Waals surface area (Å²) in [5, 5.41) is 10.7. The van der Waals surface area contributed by atoms with E-state index >= 15 is 0 Å². The number of sulfone groups is 1. The molecule has 1 saturated heterocycles. The topological polar surface area (TPSA) is 104 Å². The standard InChI is InChI=1S/C19H28N2O5S/c1-3-17-13-21(12-14(2)27(17,25)26)19(24)20-16(9-10-18(22)23)11-15-7-5-4-6-8-15/h4-8,14,16-17H,3,9-13H2,1-2H3,(H,20,24)(H,22,23). The van der Waals surface area contributed by atoms with Gasteiger partial charge in [-0.1, -0.05) is 37.3 Å². The molecule has 0 saturated carbocycles. The Bertz CT molecular complexity index is 751. The molecule has 0 aliphatic carbocycles. The van der Waals surface area contributed by atoms with Crippen molar-refractivity contribution in [3.8, 4) is 0 Å². The van der Waals surface area contributed by atoms with E-state index in [0.717, 1.165) is 5.56 Å². The van der Waals surface area contributed by atoms with E-state index in [1.165, 1.54) is 0 Å². The van der Waals surface area contributed by atoms with Crippen LogP contribution in [-0.4, -0.2) is 60.1 Å². The number of urea groups is 1. The maximum absolute atomic E-state index is 12.7. The van der Waals surface area contributed by atoms with Crippen molar-refractivity contribution in [2.24, 2.45) is 0 Å². The van der Waals surface area contributed by atoms with Crippen molar-refractivity contribution < 1.29 is 23.1 Å². The summed E-state index contributed by atoms with van der Waals surface area (Å²) in [7, 11) is -3.22. The van der Waals surface area contributed by atoms with Crippen LogP contribution < -0.4 is 5.32 Å². The summed E-state index contributed by atoms with van der Waals surface area (Å²) in [4.78, 5) is 25.2. The second kappa shape index (κ2) is 9.21. The Morgan fingerprint density at radius 1 is 1.26 bits per heavy atom. The van der Waals surface area contributed by atoms with Crippen molar-refractivity contribution in [3.05, 3.63) is 35.9 Å². The van der Waals surface area contributed by atoms with Crippen LogP contribution >= 0.6 is 0 Å². The zero-order valence-electron chi connectivity index (χ0n) is 15.8. The summed E-state index contributed by atoms with van der Waals surface area (Å²) in [5.74, 6) is -0.911. The van der Waals surface area contributed by atoms with E-state index in [0.29, 0.717) is 19.3 Å². The lowest BCUT2D eigenvalue weighted by Gasteiger charge is -2.36. The minimum atomic E-state index is -3.22. The number of hydrogen-bond donors (Lipinski definition) is 2. The molecule has 2 N–H and O–H groups in total. The number of rotatable bonds is 7. The van der Waals surface area contributed by atoms with Gasteiger partial charge >= 0.3 is 12.0 Å². The van der Waals surface area contributed by atoms with Gasteiger partial charge in [-0.3, -0.25) is 4.79 Å². The van der Waals surface area contributed by atoms with E-state index in [-0.39, 0.29) is 31.6 Å². The molecule has 1 fully saturated rings. The molecule has 0 aromatic heterocycles. The molecule has 2 amide bonds. The van der Waals surface area contributed by atoms with Crippen LogP contribution in [0.25, 0.3) is 0 Å². The number of carboxylic acid groups (broad SMARTS) is 1. The molecule has 2 rings (SSSR count). The third-order valence-electron chi connectivity index (χ3n) is 5.03. The van der Waals surface area contributed by atoms with Gasteiger partial charge in [0, 0.05) is 25.6 Å². The minimum absolute atomic E-state index is 0.0415. The van der Waals surface area contributed by atoms with Crippen molar-refractivity contribution in [3.63, 3.8) is 0 Å². The highest BCUT2D eigenvalue weighted by molar-refractivity contribution is 7.92. The van der Waals surface area contributed by atoms with Gasteiger partial charge in [0.25, 0.3) is 0 Å². The van der Waals surface area contributed by atoms with Crippen LogP contribution in [0.15, 0.2) is 30.3 Å². The van der Waals surface area contributed by atoms with E-state index < -0.39 is 26.3 Å². The van der Waals surface area contributed by atoms with Gasteiger partial charge in [-0.05, 0) is 31.7 Å². The van der Waals surface area contributed by atoms with Gasteiger partial charge in [0.2, 0.25) is 0 Å². The number of aliphatic carboxylic acids is 1. The maximum Gasteiger partial charge on any atom is 0.317 e. The molecule has 3 atom stereocenters. The highest BCUT2D eigenvalue weighted by Crippen LogP contribution is 2.21. The smallest absolute Gasteiger partial charge is 0.317 e. The summed E-state index contributed by atoms with van der Waals surface area (Å²) in [6, 6.07) is 8.90. The molecule has 1 aromatic rings. The molecule has 0 bridgehead atoms. The number of carbonyl (C=O) groups excluding carboxylic acids is 1. The zero-order chi connectivity index (χ0) is 20.0. The van der Waals surface area contributed by atoms with Crippen molar-refractivity contribution in [1.29, 1.82) is 0 Å². The van der Waals surface area contributed by atoms with Crippen LogP contribution in [0, 0.1) is 0 Å². The van der Waals surface area contributed by atoms with Gasteiger partial charge in [0.15, 0.2) is 9.84 Å². The summed E-state index contributed by atoms with van der Waals surface area (Å²) in [5.41, 5.74) is 1.01. The number of benzene rings is 1. The van der Waals surface area contributed by atoms with E-state index in [9.17, 15) is 18.0 Å². The summed E-state index contributed by atoms with van der Waals surface area (Å²) in [6.45, 7) is 3.76. The Balaban J connectivity index is 2.06. The van der Waals surface area contributed by atoms with Crippen molar-refractivity contribution in [1.82, 2.24) is 10.2 Å². The SMILES string of the molecule is CCC1CN(C(=O)NC(CCC(=O)O)Cc2ccccc2)CC(C)S1(=O)=O. The Morgan fingerprint density at radius 3 is 2.52 bits per heavy atom. The average Bonchev–Trinajstić information content (AvgIpc) is 2.62. The second-order valence-corrected chi connectivity index (χ2v) is 9.75.